The van der Waals surface area contributed by atoms with Crippen LogP contribution in [0.2, 0.25) is 0 Å². The molecule has 1 aromatic heterocycles. The summed E-state index contributed by atoms with van der Waals surface area (Å²) in [5.74, 6) is 1.60. The van der Waals surface area contributed by atoms with Gasteiger partial charge in [-0.05, 0) is 31.0 Å². The molecule has 0 saturated carbocycles. The second-order valence-corrected chi connectivity index (χ2v) is 5.64. The first kappa shape index (κ1) is 15.6. The van der Waals surface area contributed by atoms with E-state index in [9.17, 15) is 0 Å². The summed E-state index contributed by atoms with van der Waals surface area (Å²) < 4.78 is 5.46. The van der Waals surface area contributed by atoms with E-state index < -0.39 is 0 Å². The average Bonchev–Trinajstić information content (AvgIpc) is 2.62. The maximum Gasteiger partial charge on any atom is 0.218 e. The number of hydrogen-bond donors (Lipinski definition) is 0. The highest BCUT2D eigenvalue weighted by Crippen LogP contribution is 2.21. The van der Waals surface area contributed by atoms with Crippen LogP contribution < -0.4 is 14.5 Å². The Hall–Kier alpha value is -2.30. The second-order valence-electron chi connectivity index (χ2n) is 5.64. The van der Waals surface area contributed by atoms with Crippen LogP contribution in [0.4, 0.5) is 11.5 Å². The molecule has 0 spiro atoms. The fourth-order valence-corrected chi connectivity index (χ4v) is 2.87. The highest BCUT2D eigenvalue weighted by atomic mass is 16.5. The third kappa shape index (κ3) is 3.73. The lowest BCUT2D eigenvalue weighted by atomic mass is 10.1. The number of hydrogen-bond acceptors (Lipinski definition) is 5. The van der Waals surface area contributed by atoms with Gasteiger partial charge in [0.25, 0.3) is 0 Å². The maximum absolute atomic E-state index is 5.46. The molecule has 2 aromatic rings. The van der Waals surface area contributed by atoms with Crippen LogP contribution in [-0.2, 0) is 6.42 Å². The van der Waals surface area contributed by atoms with Gasteiger partial charge < -0.3 is 14.5 Å². The van der Waals surface area contributed by atoms with E-state index in [1.165, 1.54) is 11.3 Å². The predicted molar refractivity (Wildman–Crippen MR) is 93.4 cm³/mol. The summed E-state index contributed by atoms with van der Waals surface area (Å²) in [5, 5.41) is 0. The van der Waals surface area contributed by atoms with Crippen molar-refractivity contribution in [1.29, 1.82) is 0 Å². The lowest BCUT2D eigenvalue weighted by molar-refractivity contribution is 0.326. The number of piperazine rings is 1. The zero-order valence-corrected chi connectivity index (χ0v) is 13.9. The Morgan fingerprint density at radius 1 is 0.957 bits per heavy atom. The van der Waals surface area contributed by atoms with E-state index in [0.717, 1.165) is 38.4 Å². The summed E-state index contributed by atoms with van der Waals surface area (Å²) in [5.41, 5.74) is 2.69. The summed E-state index contributed by atoms with van der Waals surface area (Å²) in [6.07, 6.45) is 2.67. The third-order valence-corrected chi connectivity index (χ3v) is 4.23. The minimum absolute atomic E-state index is 0.623. The first-order valence-electron chi connectivity index (χ1n) is 8.34. The van der Waals surface area contributed by atoms with Crippen molar-refractivity contribution in [2.45, 2.75) is 20.3 Å². The monoisotopic (exact) mass is 312 g/mol. The van der Waals surface area contributed by atoms with Gasteiger partial charge in [0.05, 0.1) is 6.61 Å². The quantitative estimate of drug-likeness (QED) is 0.849. The Labute approximate surface area is 137 Å². The van der Waals surface area contributed by atoms with Gasteiger partial charge in [0, 0.05) is 37.9 Å². The summed E-state index contributed by atoms with van der Waals surface area (Å²) in [6, 6.07) is 10.8. The minimum Gasteiger partial charge on any atom is -0.478 e. The third-order valence-electron chi connectivity index (χ3n) is 4.23. The summed E-state index contributed by atoms with van der Waals surface area (Å²) in [7, 11) is 0. The summed E-state index contributed by atoms with van der Waals surface area (Å²) >= 11 is 0. The van der Waals surface area contributed by atoms with Crippen molar-refractivity contribution in [3.63, 3.8) is 0 Å². The zero-order chi connectivity index (χ0) is 16.1. The molecule has 2 heterocycles. The van der Waals surface area contributed by atoms with Crippen molar-refractivity contribution in [3.8, 4) is 5.88 Å². The van der Waals surface area contributed by atoms with Gasteiger partial charge in [-0.25, -0.2) is 9.97 Å². The van der Waals surface area contributed by atoms with Crippen molar-refractivity contribution < 1.29 is 4.74 Å². The van der Waals surface area contributed by atoms with E-state index in [0.29, 0.717) is 12.5 Å². The summed E-state index contributed by atoms with van der Waals surface area (Å²) in [4.78, 5) is 13.2. The standard InChI is InChI=1S/C18H24N4O/c1-3-15-5-7-16(8-6-15)21-9-11-22(12-10-21)17-13-18(23-4-2)20-14-19-17/h5-8,13-14H,3-4,9-12H2,1-2H3. The number of nitrogens with zero attached hydrogens (tertiary/aromatic N) is 4. The smallest absolute Gasteiger partial charge is 0.218 e. The number of rotatable bonds is 5. The van der Waals surface area contributed by atoms with Crippen LogP contribution in [0.1, 0.15) is 19.4 Å². The fourth-order valence-electron chi connectivity index (χ4n) is 2.87. The molecule has 0 atom stereocenters. The molecule has 1 aliphatic rings. The van der Waals surface area contributed by atoms with Gasteiger partial charge in [0.2, 0.25) is 5.88 Å². The first-order valence-corrected chi connectivity index (χ1v) is 8.34. The Morgan fingerprint density at radius 2 is 1.65 bits per heavy atom. The molecule has 3 rings (SSSR count). The number of aryl methyl sites for hydroxylation is 1. The molecule has 0 amide bonds. The molecule has 1 saturated heterocycles. The highest BCUT2D eigenvalue weighted by molar-refractivity contribution is 5.50. The Bertz CT molecular complexity index is 621. The SMILES string of the molecule is CCOc1cc(N2CCN(c3ccc(CC)cc3)CC2)ncn1. The van der Waals surface area contributed by atoms with Crippen molar-refractivity contribution >= 4 is 11.5 Å². The molecule has 1 aromatic carbocycles. The average molecular weight is 312 g/mol. The molecular formula is C18H24N4O. The molecule has 1 fully saturated rings. The maximum atomic E-state index is 5.46. The lowest BCUT2D eigenvalue weighted by Gasteiger charge is -2.36. The molecule has 5 nitrogen and oxygen atoms in total. The van der Waals surface area contributed by atoms with Gasteiger partial charge in [0.15, 0.2) is 0 Å². The normalized spacial score (nSPS) is 14.9. The van der Waals surface area contributed by atoms with E-state index in [1.807, 2.05) is 13.0 Å². The van der Waals surface area contributed by atoms with Gasteiger partial charge in [-0.15, -0.1) is 0 Å². The number of anilines is 2. The first-order chi connectivity index (χ1) is 11.3. The van der Waals surface area contributed by atoms with Crippen LogP contribution in [0.25, 0.3) is 0 Å². The largest absolute Gasteiger partial charge is 0.478 e. The molecule has 0 radical (unpaired) electrons. The molecule has 23 heavy (non-hydrogen) atoms. The fraction of sp³-hybridized carbons (Fsp3) is 0.444. The van der Waals surface area contributed by atoms with Crippen LogP contribution in [0.15, 0.2) is 36.7 Å². The summed E-state index contributed by atoms with van der Waals surface area (Å²) in [6.45, 7) is 8.68. The molecular weight excluding hydrogens is 288 g/mol. The van der Waals surface area contributed by atoms with Gasteiger partial charge >= 0.3 is 0 Å². The Morgan fingerprint density at radius 3 is 2.30 bits per heavy atom. The van der Waals surface area contributed by atoms with E-state index in [-0.39, 0.29) is 0 Å². The Kier molecular flexibility index (Phi) is 4.95. The van der Waals surface area contributed by atoms with Crippen LogP contribution in [0.5, 0.6) is 5.88 Å². The second kappa shape index (κ2) is 7.31. The van der Waals surface area contributed by atoms with Crippen LogP contribution in [0, 0.1) is 0 Å². The van der Waals surface area contributed by atoms with Crippen LogP contribution >= 0.6 is 0 Å². The lowest BCUT2D eigenvalue weighted by Crippen LogP contribution is -2.46. The van der Waals surface area contributed by atoms with Gasteiger partial charge in [-0.2, -0.15) is 0 Å². The van der Waals surface area contributed by atoms with E-state index in [2.05, 4.69) is 51.0 Å². The number of aromatic nitrogens is 2. The topological polar surface area (TPSA) is 41.5 Å². The van der Waals surface area contributed by atoms with E-state index >= 15 is 0 Å². The molecule has 0 bridgehead atoms. The zero-order valence-electron chi connectivity index (χ0n) is 13.9. The van der Waals surface area contributed by atoms with Crippen molar-refractivity contribution in [3.05, 3.63) is 42.2 Å². The number of benzene rings is 1. The molecule has 0 N–H and O–H groups in total. The van der Waals surface area contributed by atoms with Crippen molar-refractivity contribution in [2.75, 3.05) is 42.6 Å². The molecule has 0 unspecified atom stereocenters. The van der Waals surface area contributed by atoms with E-state index in [4.69, 9.17) is 4.74 Å². The molecule has 0 aliphatic carbocycles. The van der Waals surface area contributed by atoms with Gasteiger partial charge in [-0.1, -0.05) is 19.1 Å². The van der Waals surface area contributed by atoms with Crippen molar-refractivity contribution in [2.24, 2.45) is 0 Å². The minimum atomic E-state index is 0.623. The molecule has 122 valence electrons. The predicted octanol–water partition coefficient (Wildman–Crippen LogP) is 2.76. The Balaban J connectivity index is 1.62. The van der Waals surface area contributed by atoms with Gasteiger partial charge in [-0.3, -0.25) is 0 Å². The van der Waals surface area contributed by atoms with E-state index in [1.54, 1.807) is 6.33 Å². The van der Waals surface area contributed by atoms with Gasteiger partial charge in [0.1, 0.15) is 12.1 Å². The molecule has 1 aliphatic heterocycles. The number of ether oxygens (including phenoxy) is 1. The van der Waals surface area contributed by atoms with Crippen LogP contribution in [-0.4, -0.2) is 42.8 Å². The molecule has 5 heteroatoms. The van der Waals surface area contributed by atoms with Crippen LogP contribution in [0.3, 0.4) is 0 Å². The highest BCUT2D eigenvalue weighted by Gasteiger charge is 2.18. The van der Waals surface area contributed by atoms with Crippen molar-refractivity contribution in [1.82, 2.24) is 9.97 Å².